The molecule has 122 valence electrons. The predicted molar refractivity (Wildman–Crippen MR) is 91.5 cm³/mol. The molecule has 24 heavy (non-hydrogen) atoms. The van der Waals surface area contributed by atoms with Crippen molar-refractivity contribution in [1.82, 2.24) is 0 Å². The number of nitrogens with one attached hydrogen (secondary N) is 1. The minimum absolute atomic E-state index is 0.0141. The van der Waals surface area contributed by atoms with Gasteiger partial charge in [0.2, 0.25) is 0 Å². The maximum atomic E-state index is 12.3. The smallest absolute Gasteiger partial charge is 0.262 e. The maximum absolute atomic E-state index is 12.3. The van der Waals surface area contributed by atoms with E-state index >= 15 is 0 Å². The van der Waals surface area contributed by atoms with E-state index in [9.17, 15) is 14.7 Å². The number of hydrogen-bond donors (Lipinski definition) is 2. The van der Waals surface area contributed by atoms with Crippen LogP contribution in [0.15, 0.2) is 36.4 Å². The number of benzene rings is 2. The Kier molecular flexibility index (Phi) is 4.08. The molecular formula is C19H17NO4. The number of ketones is 1. The first kappa shape index (κ1) is 15.8. The summed E-state index contributed by atoms with van der Waals surface area (Å²) in [6.45, 7) is 3.61. The highest BCUT2D eigenvalue weighted by Crippen LogP contribution is 2.29. The van der Waals surface area contributed by atoms with Gasteiger partial charge in [-0.3, -0.25) is 9.59 Å². The Bertz CT molecular complexity index is 845. The molecule has 0 aliphatic carbocycles. The van der Waals surface area contributed by atoms with E-state index in [2.05, 4.69) is 5.32 Å². The summed E-state index contributed by atoms with van der Waals surface area (Å²) < 4.78 is 5.27. The zero-order valence-corrected chi connectivity index (χ0v) is 13.4. The Morgan fingerprint density at radius 1 is 1.21 bits per heavy atom. The molecule has 5 heteroatoms. The normalized spacial score (nSPS) is 13.3. The van der Waals surface area contributed by atoms with Crippen molar-refractivity contribution in [3.63, 3.8) is 0 Å². The summed E-state index contributed by atoms with van der Waals surface area (Å²) in [5.74, 6) is 0.405. The molecule has 0 bridgehead atoms. The van der Waals surface area contributed by atoms with Gasteiger partial charge in [-0.1, -0.05) is 6.08 Å². The molecule has 1 aliphatic heterocycles. The number of phenolic OH excluding ortho intramolecular Hbond substituents is 1. The van der Waals surface area contributed by atoms with E-state index in [1.54, 1.807) is 24.3 Å². The predicted octanol–water partition coefficient (Wildman–Crippen LogP) is 3.24. The molecule has 0 atom stereocenters. The van der Waals surface area contributed by atoms with E-state index in [0.717, 1.165) is 16.7 Å². The summed E-state index contributed by atoms with van der Waals surface area (Å²) in [6.07, 6.45) is 3.18. The van der Waals surface area contributed by atoms with Crippen LogP contribution < -0.4 is 10.1 Å². The second-order valence-electron chi connectivity index (χ2n) is 5.75. The van der Waals surface area contributed by atoms with Gasteiger partial charge in [0.05, 0.1) is 5.69 Å². The third-order valence-electron chi connectivity index (χ3n) is 3.84. The largest absolute Gasteiger partial charge is 0.507 e. The van der Waals surface area contributed by atoms with Gasteiger partial charge in [-0.25, -0.2) is 0 Å². The lowest BCUT2D eigenvalue weighted by atomic mass is 10.0. The number of carbonyl (C=O) groups is 2. The van der Waals surface area contributed by atoms with Crippen molar-refractivity contribution in [2.24, 2.45) is 0 Å². The molecule has 2 N–H and O–H groups in total. The molecule has 0 saturated heterocycles. The second kappa shape index (κ2) is 6.20. The van der Waals surface area contributed by atoms with Gasteiger partial charge in [-0.05, 0) is 66.9 Å². The highest BCUT2D eigenvalue weighted by molar-refractivity contribution is 6.08. The van der Waals surface area contributed by atoms with Crippen LogP contribution in [-0.4, -0.2) is 23.4 Å². The van der Waals surface area contributed by atoms with Crippen LogP contribution in [-0.2, 0) is 4.79 Å². The Morgan fingerprint density at radius 3 is 2.62 bits per heavy atom. The van der Waals surface area contributed by atoms with E-state index in [0.29, 0.717) is 17.0 Å². The van der Waals surface area contributed by atoms with Gasteiger partial charge in [0.1, 0.15) is 11.5 Å². The zero-order valence-electron chi connectivity index (χ0n) is 13.4. The number of anilines is 1. The van der Waals surface area contributed by atoms with E-state index in [4.69, 9.17) is 4.74 Å². The fourth-order valence-corrected chi connectivity index (χ4v) is 2.59. The number of ether oxygens (including phenoxy) is 1. The van der Waals surface area contributed by atoms with Crippen molar-refractivity contribution in [2.45, 2.75) is 13.8 Å². The first-order chi connectivity index (χ1) is 11.4. The van der Waals surface area contributed by atoms with Crippen LogP contribution in [0, 0.1) is 13.8 Å². The number of phenols is 1. The molecule has 0 fully saturated rings. The Balaban J connectivity index is 1.82. The average Bonchev–Trinajstić information content (AvgIpc) is 2.56. The third-order valence-corrected chi connectivity index (χ3v) is 3.84. The Hall–Kier alpha value is -3.08. The van der Waals surface area contributed by atoms with Crippen molar-refractivity contribution < 1.29 is 19.4 Å². The maximum Gasteiger partial charge on any atom is 0.262 e. The molecule has 0 unspecified atom stereocenters. The number of carbonyl (C=O) groups excluding carboxylic acids is 2. The SMILES string of the molecule is Cc1cc(/C=C/C(=O)c2ccc3c(c2)NC(=O)CO3)cc(C)c1O. The summed E-state index contributed by atoms with van der Waals surface area (Å²) in [7, 11) is 0. The van der Waals surface area contributed by atoms with Crippen molar-refractivity contribution in [3.8, 4) is 11.5 Å². The number of amides is 1. The van der Waals surface area contributed by atoms with Crippen LogP contribution in [0.2, 0.25) is 0 Å². The van der Waals surface area contributed by atoms with E-state index < -0.39 is 0 Å². The van der Waals surface area contributed by atoms with E-state index in [1.165, 1.54) is 6.08 Å². The van der Waals surface area contributed by atoms with Crippen LogP contribution in [0.3, 0.4) is 0 Å². The molecule has 0 aromatic heterocycles. The van der Waals surface area contributed by atoms with Gasteiger partial charge in [0.25, 0.3) is 5.91 Å². The molecular weight excluding hydrogens is 306 g/mol. The molecule has 2 aromatic rings. The molecule has 3 rings (SSSR count). The Morgan fingerprint density at radius 2 is 1.92 bits per heavy atom. The van der Waals surface area contributed by atoms with Crippen LogP contribution in [0.25, 0.3) is 6.08 Å². The van der Waals surface area contributed by atoms with Crippen LogP contribution in [0.4, 0.5) is 5.69 Å². The van der Waals surface area contributed by atoms with Gasteiger partial charge in [0, 0.05) is 5.56 Å². The fraction of sp³-hybridized carbons (Fsp3) is 0.158. The number of hydrogen-bond acceptors (Lipinski definition) is 4. The highest BCUT2D eigenvalue weighted by atomic mass is 16.5. The molecule has 2 aromatic carbocycles. The highest BCUT2D eigenvalue weighted by Gasteiger charge is 2.17. The van der Waals surface area contributed by atoms with Crippen LogP contribution in [0.1, 0.15) is 27.0 Å². The van der Waals surface area contributed by atoms with Crippen molar-refractivity contribution in [1.29, 1.82) is 0 Å². The van der Waals surface area contributed by atoms with Crippen LogP contribution >= 0.6 is 0 Å². The lowest BCUT2D eigenvalue weighted by Crippen LogP contribution is -2.25. The molecule has 1 aliphatic rings. The standard InChI is InChI=1S/C19H17NO4/c1-11-7-13(8-12(2)19(11)23)3-5-16(21)14-4-6-17-15(9-14)20-18(22)10-24-17/h3-9,23H,10H2,1-2H3,(H,20,22)/b5-3+. The van der Waals surface area contributed by atoms with E-state index in [1.807, 2.05) is 26.0 Å². The first-order valence-corrected chi connectivity index (χ1v) is 7.53. The minimum Gasteiger partial charge on any atom is -0.507 e. The van der Waals surface area contributed by atoms with Gasteiger partial charge < -0.3 is 15.2 Å². The van der Waals surface area contributed by atoms with Crippen molar-refractivity contribution >= 4 is 23.5 Å². The topological polar surface area (TPSA) is 75.6 Å². The average molecular weight is 323 g/mol. The summed E-state index contributed by atoms with van der Waals surface area (Å²) >= 11 is 0. The molecule has 0 spiro atoms. The second-order valence-corrected chi connectivity index (χ2v) is 5.75. The number of aromatic hydroxyl groups is 1. The lowest BCUT2D eigenvalue weighted by Gasteiger charge is -2.17. The van der Waals surface area contributed by atoms with Crippen molar-refractivity contribution in [3.05, 3.63) is 58.7 Å². The molecule has 1 amide bonds. The van der Waals surface area contributed by atoms with Crippen molar-refractivity contribution in [2.75, 3.05) is 11.9 Å². The van der Waals surface area contributed by atoms with Gasteiger partial charge >= 0.3 is 0 Å². The van der Waals surface area contributed by atoms with Gasteiger partial charge in [-0.2, -0.15) is 0 Å². The third kappa shape index (κ3) is 3.15. The summed E-state index contributed by atoms with van der Waals surface area (Å²) in [5.41, 5.74) is 3.32. The lowest BCUT2D eigenvalue weighted by molar-refractivity contribution is -0.118. The minimum atomic E-state index is -0.238. The summed E-state index contributed by atoms with van der Waals surface area (Å²) in [5, 5.41) is 12.5. The fourth-order valence-electron chi connectivity index (χ4n) is 2.59. The quantitative estimate of drug-likeness (QED) is 0.671. The van der Waals surface area contributed by atoms with Gasteiger partial charge in [-0.15, -0.1) is 0 Å². The molecule has 1 heterocycles. The zero-order chi connectivity index (χ0) is 17.3. The number of aryl methyl sites for hydroxylation is 2. The molecule has 0 saturated carbocycles. The van der Waals surface area contributed by atoms with E-state index in [-0.39, 0.29) is 24.0 Å². The van der Waals surface area contributed by atoms with Gasteiger partial charge in [0.15, 0.2) is 12.4 Å². The summed E-state index contributed by atoms with van der Waals surface area (Å²) in [6, 6.07) is 8.56. The summed E-state index contributed by atoms with van der Waals surface area (Å²) in [4.78, 5) is 23.7. The molecule has 5 nitrogen and oxygen atoms in total. The monoisotopic (exact) mass is 323 g/mol. The number of rotatable bonds is 3. The molecule has 0 radical (unpaired) electrons. The Labute approximate surface area is 139 Å². The number of allylic oxidation sites excluding steroid dienone is 1. The van der Waals surface area contributed by atoms with Crippen LogP contribution in [0.5, 0.6) is 11.5 Å². The first-order valence-electron chi connectivity index (χ1n) is 7.53. The number of fused-ring (bicyclic) bond motifs is 1.